The van der Waals surface area contributed by atoms with Crippen molar-refractivity contribution in [2.45, 2.75) is 379 Å². The van der Waals surface area contributed by atoms with Gasteiger partial charge in [0.05, 0.1) is 18.3 Å². The molecule has 0 atom stereocenters. The van der Waals surface area contributed by atoms with Gasteiger partial charge in [0.15, 0.2) is 0 Å². The van der Waals surface area contributed by atoms with Crippen LogP contribution in [0, 0.1) is 29.6 Å². The summed E-state index contributed by atoms with van der Waals surface area (Å²) in [4.78, 5) is 20.1. The van der Waals surface area contributed by atoms with Crippen molar-refractivity contribution >= 4 is 0 Å². The number of piperidine rings is 5. The number of nitrogens with zero attached hydrogens (tertiary/aromatic N) is 8. The zero-order valence-electron chi connectivity index (χ0n) is 67.9. The molecule has 0 aromatic rings. The third kappa shape index (κ3) is 47.4. The van der Waals surface area contributed by atoms with Crippen molar-refractivity contribution in [3.05, 3.63) is 11.6 Å². The van der Waals surface area contributed by atoms with Gasteiger partial charge in [0, 0.05) is 88.1 Å². The highest BCUT2D eigenvalue weighted by molar-refractivity contribution is 5.07. The van der Waals surface area contributed by atoms with Gasteiger partial charge in [0.25, 0.3) is 0 Å². The second-order valence-corrected chi connectivity index (χ2v) is 33.8. The Morgan fingerprint density at radius 3 is 1.10 bits per heavy atom. The molecule has 11 heteroatoms. The number of aliphatic hydroxyl groups is 1. The van der Waals surface area contributed by atoms with Gasteiger partial charge in [-0.05, 0) is 315 Å². The summed E-state index contributed by atoms with van der Waals surface area (Å²) in [6, 6.07) is 4.84. The van der Waals surface area contributed by atoms with E-state index in [0.29, 0.717) is 30.3 Å². The Balaban J connectivity index is 0.000000522. The summed E-state index contributed by atoms with van der Waals surface area (Å²) in [5.74, 6) is 4.60. The second kappa shape index (κ2) is 55.9. The Bertz CT molecular complexity index is 1480. The van der Waals surface area contributed by atoms with Crippen LogP contribution in [-0.4, -0.2) is 223 Å². The quantitative estimate of drug-likeness (QED) is 0.183. The fraction of sp³-hybridized carbons (Fsp3) is 0.976. The van der Waals surface area contributed by atoms with E-state index in [2.05, 4.69) is 198 Å². The Hall–Kier alpha value is -0.700. The average Bonchev–Trinajstić information content (AvgIpc) is 3.81. The lowest BCUT2D eigenvalue weighted by Crippen LogP contribution is -2.47. The Labute approximate surface area is 590 Å². The van der Waals surface area contributed by atoms with E-state index in [4.69, 9.17) is 10.5 Å². The molecule has 0 amide bonds. The first-order chi connectivity index (χ1) is 44.6. The minimum atomic E-state index is -0.0324. The molecule has 0 unspecified atom stereocenters. The molecule has 0 aromatic carbocycles. The number of piperazine rings is 1. The second-order valence-electron chi connectivity index (χ2n) is 33.8. The number of ether oxygens (including phenoxy) is 1. The van der Waals surface area contributed by atoms with Gasteiger partial charge in [-0.15, -0.1) is 0 Å². The van der Waals surface area contributed by atoms with Crippen LogP contribution >= 0.6 is 0 Å². The zero-order chi connectivity index (χ0) is 70.4. The van der Waals surface area contributed by atoms with E-state index in [1.54, 1.807) is 5.57 Å². The van der Waals surface area contributed by atoms with Crippen molar-refractivity contribution in [3.8, 4) is 0 Å². The summed E-state index contributed by atoms with van der Waals surface area (Å²) in [5.41, 5.74) is 7.45. The number of allylic oxidation sites excluding steroid dienone is 2. The first-order valence-corrected chi connectivity index (χ1v) is 41.2. The number of likely N-dealkylation sites (tertiary alicyclic amines) is 6. The molecule has 7 heterocycles. The van der Waals surface area contributed by atoms with Gasteiger partial charge in [-0.25, -0.2) is 0 Å². The molecule has 9 fully saturated rings. The lowest BCUT2D eigenvalue weighted by atomic mass is 9.82. The highest BCUT2D eigenvalue weighted by Gasteiger charge is 2.22. The van der Waals surface area contributed by atoms with Crippen LogP contribution in [0.1, 0.15) is 319 Å². The summed E-state index contributed by atoms with van der Waals surface area (Å²) in [5, 5.41) is 9.18. The normalized spacial score (nSPS) is 22.9. The number of nitrogens with two attached hydrogens (primary N) is 1. The molecule has 11 nitrogen and oxygen atoms in total. The van der Waals surface area contributed by atoms with Gasteiger partial charge < -0.3 is 49.9 Å². The van der Waals surface area contributed by atoms with Crippen molar-refractivity contribution in [1.82, 2.24) is 39.2 Å². The summed E-state index contributed by atoms with van der Waals surface area (Å²) in [7, 11) is 2.19. The summed E-state index contributed by atoms with van der Waals surface area (Å²) < 4.78 is 5.61. The van der Waals surface area contributed by atoms with E-state index in [9.17, 15) is 5.11 Å². The molecule has 10 aliphatic rings. The monoisotopic (exact) mass is 1330 g/mol. The molecule has 0 spiro atoms. The minimum absolute atomic E-state index is 0.0324. The fourth-order valence-electron chi connectivity index (χ4n) is 14.7. The van der Waals surface area contributed by atoms with Crippen LogP contribution in [-0.2, 0) is 4.74 Å². The molecule has 0 aromatic heterocycles. The molecular weight excluding hydrogens is 1150 g/mol. The molecule has 94 heavy (non-hydrogen) atoms. The Morgan fingerprint density at radius 2 is 0.766 bits per heavy atom. The highest BCUT2D eigenvalue weighted by atomic mass is 16.5. The molecule has 2 saturated carbocycles. The summed E-state index contributed by atoms with van der Waals surface area (Å²) >= 11 is 0. The van der Waals surface area contributed by atoms with E-state index in [-0.39, 0.29) is 6.10 Å². The van der Waals surface area contributed by atoms with Gasteiger partial charge in [0.2, 0.25) is 0 Å². The van der Waals surface area contributed by atoms with Crippen LogP contribution in [0.4, 0.5) is 0 Å². The van der Waals surface area contributed by atoms with Crippen molar-refractivity contribution < 1.29 is 9.84 Å². The number of aliphatic hydroxyl groups excluding tert-OH is 1. The molecular formula is C83H173N9O2. The third-order valence-electron chi connectivity index (χ3n) is 21.8. The molecule has 0 radical (unpaired) electrons. The zero-order valence-corrected chi connectivity index (χ0v) is 67.9. The Morgan fingerprint density at radius 1 is 0.404 bits per heavy atom. The predicted octanol–water partition coefficient (Wildman–Crippen LogP) is 18.7. The van der Waals surface area contributed by atoms with Crippen molar-refractivity contribution in [1.29, 1.82) is 0 Å². The topological polar surface area (TPSA) is 81.4 Å². The molecule has 562 valence electrons. The highest BCUT2D eigenvalue weighted by Crippen LogP contribution is 2.29. The lowest BCUT2D eigenvalue weighted by Gasteiger charge is -2.34. The smallest absolute Gasteiger partial charge is 0.0578 e. The number of hydrogen-bond donors (Lipinski definition) is 2. The fourth-order valence-corrected chi connectivity index (χ4v) is 14.7. The predicted molar refractivity (Wildman–Crippen MR) is 418 cm³/mol. The lowest BCUT2D eigenvalue weighted by molar-refractivity contribution is 0.0126. The van der Waals surface area contributed by atoms with Crippen LogP contribution in [0.15, 0.2) is 11.6 Å². The SMILES string of the molecule is CC(C)C1=CCCCC1.CC(C)C1CCCCC1.CC(C)CN1CCCC1.CC(C)N1CCC(N)CC1.CC(C)N1CCC(O)CC1.CC(C)N1CCCCC1.CC(C)N1CCCCC1.CC(C)N1CCN(C)CC1.CC(C)OC1CCCC1.CC1CCN(C(C)C)CC1. The number of rotatable bonds is 12. The minimum Gasteiger partial charge on any atom is -0.393 e. The van der Waals surface area contributed by atoms with Gasteiger partial charge in [-0.3, -0.25) is 4.90 Å². The number of hydrogen-bond acceptors (Lipinski definition) is 11. The van der Waals surface area contributed by atoms with E-state index < -0.39 is 0 Å². The van der Waals surface area contributed by atoms with Gasteiger partial charge >= 0.3 is 0 Å². The molecule has 10 rings (SSSR count). The maximum atomic E-state index is 9.18. The molecule has 3 N–H and O–H groups in total. The molecule has 0 bridgehead atoms. The maximum Gasteiger partial charge on any atom is 0.0578 e. The standard InChI is InChI=1S/C9H19N.C9H18.C9H16.2C8H18N2.C8H17NO.3C8H17N.C8H16O/c1-8(2)10-6-4-9(3)5-7-10;2*1-8(2)9-6-4-3-5-7-9;1-8(2)10-6-4-9(3)5-7-10;1-7(2)10-5-3-8(9)4-6-10;1-7(2)9-5-3-8(10)4-6-9;1-8(2)7-9-5-3-4-6-9;2*1-8(2)9-6-4-3-5-7-9;1-7(2)9-8-5-3-4-6-8/h8-9H,4-7H2,1-3H3;8-9H,3-7H2,1-2H3;6,8H,3-5,7H2,1-2H3;8H,4-7H2,1-3H3;7-8H,3-6,9H2,1-2H3;7-8,10H,3-6H2,1-2H3;3*8H,3-7H2,1-2H3;7-8H,3-6H2,1-2H3. The largest absolute Gasteiger partial charge is 0.393 e. The van der Waals surface area contributed by atoms with E-state index >= 15 is 0 Å². The Kier molecular flexibility index (Phi) is 54.3. The van der Waals surface area contributed by atoms with Gasteiger partial charge in [0.1, 0.15) is 0 Å². The van der Waals surface area contributed by atoms with E-state index in [1.807, 2.05) is 0 Å². The molecule has 7 saturated heterocycles. The van der Waals surface area contributed by atoms with Crippen molar-refractivity contribution in [2.24, 2.45) is 35.3 Å². The first kappa shape index (κ1) is 91.3. The average molecular weight is 1330 g/mol. The van der Waals surface area contributed by atoms with Crippen LogP contribution in [0.5, 0.6) is 0 Å². The maximum absolute atomic E-state index is 9.18. The van der Waals surface area contributed by atoms with E-state index in [1.165, 1.54) is 259 Å². The third-order valence-corrected chi connectivity index (χ3v) is 21.8. The van der Waals surface area contributed by atoms with Gasteiger partial charge in [-0.2, -0.15) is 0 Å². The van der Waals surface area contributed by atoms with Crippen LogP contribution < -0.4 is 5.73 Å². The molecule has 3 aliphatic carbocycles. The van der Waals surface area contributed by atoms with Crippen LogP contribution in [0.2, 0.25) is 0 Å². The van der Waals surface area contributed by atoms with E-state index in [0.717, 1.165) is 79.7 Å². The van der Waals surface area contributed by atoms with Gasteiger partial charge in [-0.1, -0.05) is 118 Å². The summed E-state index contributed by atoms with van der Waals surface area (Å²) in [6.45, 7) is 69.0. The van der Waals surface area contributed by atoms with Crippen LogP contribution in [0.3, 0.4) is 0 Å². The number of likely N-dealkylation sites (N-methyl/N-ethyl adjacent to an activating group) is 1. The summed E-state index contributed by atoms with van der Waals surface area (Å²) in [6.07, 6.45) is 40.2. The van der Waals surface area contributed by atoms with Crippen molar-refractivity contribution in [3.63, 3.8) is 0 Å². The van der Waals surface area contributed by atoms with Crippen LogP contribution in [0.25, 0.3) is 0 Å². The van der Waals surface area contributed by atoms with Crippen molar-refractivity contribution in [2.75, 3.05) is 118 Å². The molecule has 7 aliphatic heterocycles. The first-order valence-electron chi connectivity index (χ1n) is 41.2.